The molecule has 1 amide bonds. The molecule has 2 aromatic carbocycles. The third-order valence-electron chi connectivity index (χ3n) is 5.24. The zero-order valence-electron chi connectivity index (χ0n) is 15.4. The highest BCUT2D eigenvalue weighted by Gasteiger charge is 2.43. The Bertz CT molecular complexity index is 781. The standard InChI is InChI=1S/C21H23BFNO3/c1-2-19(15-3-7-17(22)8-4-15)24-13-11-21(12-14-25,27-20(24)26)16-5-9-18(23)10-6-16/h3-10,19,25H,2,11-14H2,1H3/t19-,21-/m0/s1. The zero-order valence-corrected chi connectivity index (χ0v) is 15.4. The lowest BCUT2D eigenvalue weighted by Gasteiger charge is -2.44. The first-order chi connectivity index (χ1) is 13.0. The average molecular weight is 367 g/mol. The van der Waals surface area contributed by atoms with Gasteiger partial charge in [0.15, 0.2) is 0 Å². The maximum Gasteiger partial charge on any atom is 0.411 e. The summed E-state index contributed by atoms with van der Waals surface area (Å²) in [6, 6.07) is 13.3. The summed E-state index contributed by atoms with van der Waals surface area (Å²) in [6.45, 7) is 2.38. The average Bonchev–Trinajstić information content (AvgIpc) is 2.66. The van der Waals surface area contributed by atoms with Crippen molar-refractivity contribution in [2.45, 2.75) is 37.8 Å². The normalized spacial score (nSPS) is 21.0. The van der Waals surface area contributed by atoms with Crippen LogP contribution in [-0.2, 0) is 10.3 Å². The molecule has 27 heavy (non-hydrogen) atoms. The number of cyclic esters (lactones) is 1. The van der Waals surface area contributed by atoms with Crippen LogP contribution in [0.2, 0.25) is 0 Å². The van der Waals surface area contributed by atoms with E-state index in [1.165, 1.54) is 12.1 Å². The van der Waals surface area contributed by atoms with Crippen LogP contribution in [0.15, 0.2) is 48.5 Å². The summed E-state index contributed by atoms with van der Waals surface area (Å²) in [7, 11) is 5.76. The highest BCUT2D eigenvalue weighted by Crippen LogP contribution is 2.40. The second-order valence-electron chi connectivity index (χ2n) is 6.88. The van der Waals surface area contributed by atoms with Gasteiger partial charge in [-0.25, -0.2) is 9.18 Å². The Morgan fingerprint density at radius 1 is 1.22 bits per heavy atom. The predicted octanol–water partition coefficient (Wildman–Crippen LogP) is 3.19. The summed E-state index contributed by atoms with van der Waals surface area (Å²) in [6.07, 6.45) is 1.11. The van der Waals surface area contributed by atoms with Gasteiger partial charge in [0, 0.05) is 26.0 Å². The number of hydrogen-bond acceptors (Lipinski definition) is 3. The smallest absolute Gasteiger partial charge is 0.411 e. The number of aliphatic hydroxyl groups excluding tert-OH is 1. The van der Waals surface area contributed by atoms with Crippen LogP contribution in [0.3, 0.4) is 0 Å². The van der Waals surface area contributed by atoms with E-state index in [-0.39, 0.29) is 24.9 Å². The highest BCUT2D eigenvalue weighted by molar-refractivity contribution is 6.32. The molecule has 1 aliphatic heterocycles. The summed E-state index contributed by atoms with van der Waals surface area (Å²) >= 11 is 0. The van der Waals surface area contributed by atoms with E-state index in [1.54, 1.807) is 17.0 Å². The fourth-order valence-corrected chi connectivity index (χ4v) is 3.76. The lowest BCUT2D eigenvalue weighted by atomic mass is 9.85. The van der Waals surface area contributed by atoms with Crippen LogP contribution in [0.5, 0.6) is 0 Å². The van der Waals surface area contributed by atoms with Gasteiger partial charge in [-0.05, 0) is 29.7 Å². The first-order valence-electron chi connectivity index (χ1n) is 9.21. The van der Waals surface area contributed by atoms with Crippen molar-refractivity contribution in [3.8, 4) is 0 Å². The Hall–Kier alpha value is -2.34. The van der Waals surface area contributed by atoms with Crippen LogP contribution < -0.4 is 5.46 Å². The van der Waals surface area contributed by atoms with Gasteiger partial charge in [0.2, 0.25) is 0 Å². The number of carbonyl (C=O) groups is 1. The van der Waals surface area contributed by atoms with Gasteiger partial charge in [0.05, 0.1) is 6.04 Å². The molecule has 0 saturated carbocycles. The largest absolute Gasteiger partial charge is 0.438 e. The lowest BCUT2D eigenvalue weighted by Crippen LogP contribution is -2.49. The molecule has 140 valence electrons. The maximum absolute atomic E-state index is 13.3. The summed E-state index contributed by atoms with van der Waals surface area (Å²) in [5.74, 6) is -0.351. The summed E-state index contributed by atoms with van der Waals surface area (Å²) in [5.41, 5.74) is 1.44. The highest BCUT2D eigenvalue weighted by atomic mass is 19.1. The molecule has 3 rings (SSSR count). The number of rotatable bonds is 6. The van der Waals surface area contributed by atoms with Crippen molar-refractivity contribution < 1.29 is 19.0 Å². The minimum Gasteiger partial charge on any atom is -0.438 e. The molecule has 1 heterocycles. The van der Waals surface area contributed by atoms with E-state index in [9.17, 15) is 14.3 Å². The third kappa shape index (κ3) is 4.00. The molecule has 2 radical (unpaired) electrons. The van der Waals surface area contributed by atoms with Gasteiger partial charge in [-0.15, -0.1) is 0 Å². The van der Waals surface area contributed by atoms with Crippen molar-refractivity contribution in [1.82, 2.24) is 4.90 Å². The van der Waals surface area contributed by atoms with Gasteiger partial charge in [-0.1, -0.05) is 48.8 Å². The number of amides is 1. The van der Waals surface area contributed by atoms with Crippen molar-refractivity contribution in [3.63, 3.8) is 0 Å². The number of ether oxygens (including phenoxy) is 1. The summed E-state index contributed by atoms with van der Waals surface area (Å²) in [5, 5.41) is 9.52. The molecule has 0 aromatic heterocycles. The van der Waals surface area contributed by atoms with Crippen molar-refractivity contribution in [3.05, 3.63) is 65.5 Å². The predicted molar refractivity (Wildman–Crippen MR) is 102 cm³/mol. The zero-order chi connectivity index (χ0) is 19.4. The molecular formula is C21H23BFNO3. The quantitative estimate of drug-likeness (QED) is 0.798. The lowest BCUT2D eigenvalue weighted by molar-refractivity contribution is -0.0734. The second kappa shape index (κ2) is 8.13. The fraction of sp³-hybridized carbons (Fsp3) is 0.381. The molecule has 1 fully saturated rings. The van der Waals surface area contributed by atoms with Crippen LogP contribution in [0, 0.1) is 5.82 Å². The Labute approximate surface area is 160 Å². The number of nitrogens with zero attached hydrogens (tertiary/aromatic N) is 1. The molecule has 2 atom stereocenters. The molecule has 0 bridgehead atoms. The maximum atomic E-state index is 13.3. The molecule has 6 heteroatoms. The second-order valence-corrected chi connectivity index (χ2v) is 6.88. The molecule has 0 aliphatic carbocycles. The van der Waals surface area contributed by atoms with Gasteiger partial charge in [-0.3, -0.25) is 0 Å². The van der Waals surface area contributed by atoms with Gasteiger partial charge < -0.3 is 14.7 Å². The molecular weight excluding hydrogens is 344 g/mol. The Morgan fingerprint density at radius 3 is 2.44 bits per heavy atom. The molecule has 1 saturated heterocycles. The van der Waals surface area contributed by atoms with E-state index in [0.717, 1.165) is 12.0 Å². The Morgan fingerprint density at radius 2 is 1.89 bits per heavy atom. The number of hydrogen-bond donors (Lipinski definition) is 1. The van der Waals surface area contributed by atoms with Gasteiger partial charge >= 0.3 is 6.09 Å². The van der Waals surface area contributed by atoms with E-state index in [1.807, 2.05) is 31.2 Å². The van der Waals surface area contributed by atoms with E-state index in [0.29, 0.717) is 24.0 Å². The SMILES string of the molecule is [B]c1ccc([C@H](CC)N2CC[C@](CCO)(c3ccc(F)cc3)OC2=O)cc1. The van der Waals surface area contributed by atoms with Gasteiger partial charge in [-0.2, -0.15) is 0 Å². The summed E-state index contributed by atoms with van der Waals surface area (Å²) in [4.78, 5) is 14.6. The van der Waals surface area contributed by atoms with Crippen molar-refractivity contribution in [2.24, 2.45) is 0 Å². The third-order valence-corrected chi connectivity index (χ3v) is 5.24. The van der Waals surface area contributed by atoms with Crippen LogP contribution >= 0.6 is 0 Å². The number of aliphatic hydroxyl groups is 1. The minimum absolute atomic E-state index is 0.113. The molecule has 0 unspecified atom stereocenters. The van der Waals surface area contributed by atoms with Crippen molar-refractivity contribution >= 4 is 19.4 Å². The van der Waals surface area contributed by atoms with Crippen molar-refractivity contribution in [2.75, 3.05) is 13.2 Å². The number of benzene rings is 2. The van der Waals surface area contributed by atoms with E-state index >= 15 is 0 Å². The van der Waals surface area contributed by atoms with Gasteiger partial charge in [0.25, 0.3) is 0 Å². The van der Waals surface area contributed by atoms with E-state index < -0.39 is 11.7 Å². The van der Waals surface area contributed by atoms with Crippen LogP contribution in [0.25, 0.3) is 0 Å². The molecule has 1 aliphatic rings. The van der Waals surface area contributed by atoms with Gasteiger partial charge in [0.1, 0.15) is 19.3 Å². The first kappa shape index (κ1) is 19.4. The topological polar surface area (TPSA) is 49.8 Å². The first-order valence-corrected chi connectivity index (χ1v) is 9.21. The molecule has 0 spiro atoms. The molecule has 2 aromatic rings. The van der Waals surface area contributed by atoms with E-state index in [4.69, 9.17) is 12.6 Å². The molecule has 1 N–H and O–H groups in total. The Kier molecular flexibility index (Phi) is 5.85. The minimum atomic E-state index is -0.935. The fourth-order valence-electron chi connectivity index (χ4n) is 3.76. The number of halogens is 1. The molecule has 4 nitrogen and oxygen atoms in total. The van der Waals surface area contributed by atoms with Crippen LogP contribution in [0.4, 0.5) is 9.18 Å². The number of carbonyl (C=O) groups excluding carboxylic acids is 1. The van der Waals surface area contributed by atoms with Crippen LogP contribution in [-0.4, -0.2) is 37.1 Å². The van der Waals surface area contributed by atoms with E-state index in [2.05, 4.69) is 0 Å². The summed E-state index contributed by atoms with van der Waals surface area (Å²) < 4.78 is 19.2. The Balaban J connectivity index is 1.85. The monoisotopic (exact) mass is 367 g/mol. The van der Waals surface area contributed by atoms with Crippen LogP contribution in [0.1, 0.15) is 43.4 Å². The van der Waals surface area contributed by atoms with Crippen molar-refractivity contribution in [1.29, 1.82) is 0 Å².